The Morgan fingerprint density at radius 3 is 2.77 bits per heavy atom. The second-order valence-electron chi connectivity index (χ2n) is 5.09. The Morgan fingerprint density at radius 1 is 1.23 bits per heavy atom. The number of para-hydroxylation sites is 1. The van der Waals surface area contributed by atoms with E-state index in [-0.39, 0.29) is 11.9 Å². The minimum absolute atomic E-state index is 0.145. The van der Waals surface area contributed by atoms with Crippen LogP contribution in [0, 0.1) is 0 Å². The lowest BCUT2D eigenvalue weighted by atomic mass is 10.2. The summed E-state index contributed by atoms with van der Waals surface area (Å²) >= 11 is 0. The smallest absolute Gasteiger partial charge is 0.315 e. The number of amides is 2. The van der Waals surface area contributed by atoms with Crippen LogP contribution in [0.5, 0.6) is 0 Å². The summed E-state index contributed by atoms with van der Waals surface area (Å²) in [6, 6.07) is 11.4. The molecule has 0 radical (unpaired) electrons. The summed E-state index contributed by atoms with van der Waals surface area (Å²) in [5, 5.41) is 9.31. The third-order valence-electron chi connectivity index (χ3n) is 3.49. The maximum atomic E-state index is 12.1. The molecule has 0 aliphatic carbocycles. The molecular weight excluding hydrogens is 284 g/mol. The number of carbonyl (C=O) groups is 2. The van der Waals surface area contributed by atoms with E-state index < -0.39 is 11.8 Å². The van der Waals surface area contributed by atoms with Crippen molar-refractivity contribution in [1.82, 2.24) is 10.1 Å². The van der Waals surface area contributed by atoms with E-state index in [1.165, 1.54) is 17.2 Å². The van der Waals surface area contributed by atoms with Gasteiger partial charge in [-0.3, -0.25) is 14.9 Å². The van der Waals surface area contributed by atoms with Gasteiger partial charge in [0.25, 0.3) is 0 Å². The Labute approximate surface area is 127 Å². The summed E-state index contributed by atoms with van der Waals surface area (Å²) in [4.78, 5) is 25.5. The lowest BCUT2D eigenvalue weighted by Gasteiger charge is -2.17. The predicted molar refractivity (Wildman–Crippen MR) is 80.2 cm³/mol. The molecule has 1 saturated heterocycles. The van der Waals surface area contributed by atoms with E-state index in [9.17, 15) is 9.59 Å². The SMILES string of the molecule is O=C(Nc1ccon1)C(=O)N1CC[C@@H](Nc2ccccc2)C1. The number of hydrogen-bond acceptors (Lipinski definition) is 5. The third-order valence-corrected chi connectivity index (χ3v) is 3.49. The molecule has 114 valence electrons. The van der Waals surface area contributed by atoms with Crippen LogP contribution in [0.25, 0.3) is 0 Å². The Balaban J connectivity index is 1.53. The zero-order chi connectivity index (χ0) is 15.4. The van der Waals surface area contributed by atoms with Crippen LogP contribution in [0.15, 0.2) is 47.2 Å². The highest BCUT2D eigenvalue weighted by Crippen LogP contribution is 2.16. The third kappa shape index (κ3) is 3.25. The van der Waals surface area contributed by atoms with Crippen molar-refractivity contribution in [2.45, 2.75) is 12.5 Å². The number of anilines is 2. The summed E-state index contributed by atoms with van der Waals surface area (Å²) in [5.74, 6) is -1.02. The van der Waals surface area contributed by atoms with E-state index in [0.29, 0.717) is 13.1 Å². The quantitative estimate of drug-likeness (QED) is 0.835. The summed E-state index contributed by atoms with van der Waals surface area (Å²) < 4.78 is 4.60. The molecule has 2 heterocycles. The largest absolute Gasteiger partial charge is 0.380 e. The zero-order valence-electron chi connectivity index (χ0n) is 11.9. The molecule has 7 heteroatoms. The predicted octanol–water partition coefficient (Wildman–Crippen LogP) is 1.33. The monoisotopic (exact) mass is 300 g/mol. The highest BCUT2D eigenvalue weighted by atomic mass is 16.5. The summed E-state index contributed by atoms with van der Waals surface area (Å²) in [5.41, 5.74) is 1.01. The standard InChI is InChI=1S/C15H16N4O3/c20-14(17-13-7-9-22-18-13)15(21)19-8-6-12(10-19)16-11-4-2-1-3-5-11/h1-5,7,9,12,16H,6,8,10H2,(H,17,18,20)/t12-/m1/s1. The number of rotatable bonds is 3. The van der Waals surface area contributed by atoms with Gasteiger partial charge in [0.15, 0.2) is 5.82 Å². The zero-order valence-corrected chi connectivity index (χ0v) is 11.9. The van der Waals surface area contributed by atoms with Gasteiger partial charge in [-0.05, 0) is 18.6 Å². The number of nitrogens with one attached hydrogen (secondary N) is 2. The van der Waals surface area contributed by atoms with Crippen LogP contribution in [0.4, 0.5) is 11.5 Å². The molecule has 1 aliphatic heterocycles. The van der Waals surface area contributed by atoms with Crippen LogP contribution >= 0.6 is 0 Å². The molecule has 1 aromatic carbocycles. The molecule has 0 saturated carbocycles. The molecule has 1 aliphatic rings. The lowest BCUT2D eigenvalue weighted by molar-refractivity contribution is -0.142. The van der Waals surface area contributed by atoms with Gasteiger partial charge in [0.05, 0.1) is 0 Å². The number of hydrogen-bond donors (Lipinski definition) is 2. The number of carbonyl (C=O) groups excluding carboxylic acids is 2. The average Bonchev–Trinajstić information content (AvgIpc) is 3.19. The van der Waals surface area contributed by atoms with E-state index >= 15 is 0 Å². The summed E-state index contributed by atoms with van der Waals surface area (Å²) in [6.07, 6.45) is 2.13. The van der Waals surface area contributed by atoms with Gasteiger partial charge < -0.3 is 14.7 Å². The van der Waals surface area contributed by atoms with Crippen LogP contribution in [0.3, 0.4) is 0 Å². The Morgan fingerprint density at radius 2 is 2.05 bits per heavy atom. The van der Waals surface area contributed by atoms with Gasteiger partial charge in [-0.15, -0.1) is 0 Å². The highest BCUT2D eigenvalue weighted by Gasteiger charge is 2.30. The first-order chi connectivity index (χ1) is 10.7. The first kappa shape index (κ1) is 14.1. The van der Waals surface area contributed by atoms with Crippen molar-refractivity contribution in [2.24, 2.45) is 0 Å². The molecule has 1 fully saturated rings. The van der Waals surface area contributed by atoms with Crippen molar-refractivity contribution in [3.63, 3.8) is 0 Å². The fraction of sp³-hybridized carbons (Fsp3) is 0.267. The summed E-state index contributed by atoms with van der Waals surface area (Å²) in [6.45, 7) is 1.05. The van der Waals surface area contributed by atoms with E-state index in [0.717, 1.165) is 12.1 Å². The second kappa shape index (κ2) is 6.30. The maximum absolute atomic E-state index is 12.1. The molecule has 1 aromatic heterocycles. The first-order valence-electron chi connectivity index (χ1n) is 7.04. The summed E-state index contributed by atoms with van der Waals surface area (Å²) in [7, 11) is 0. The fourth-order valence-corrected chi connectivity index (χ4v) is 2.42. The molecule has 3 rings (SSSR count). The van der Waals surface area contributed by atoms with Crippen molar-refractivity contribution in [3.05, 3.63) is 42.7 Å². The molecule has 0 unspecified atom stereocenters. The number of likely N-dealkylation sites (tertiary alicyclic amines) is 1. The fourth-order valence-electron chi connectivity index (χ4n) is 2.42. The minimum atomic E-state index is -0.700. The highest BCUT2D eigenvalue weighted by molar-refractivity contribution is 6.39. The van der Waals surface area contributed by atoms with E-state index in [1.807, 2.05) is 30.3 Å². The molecule has 2 amide bonds. The van der Waals surface area contributed by atoms with Crippen molar-refractivity contribution in [1.29, 1.82) is 0 Å². The average molecular weight is 300 g/mol. The van der Waals surface area contributed by atoms with Gasteiger partial charge in [-0.1, -0.05) is 23.4 Å². The minimum Gasteiger partial charge on any atom is -0.380 e. The molecule has 0 spiro atoms. The van der Waals surface area contributed by atoms with Gasteiger partial charge in [0.2, 0.25) is 0 Å². The number of nitrogens with zero attached hydrogens (tertiary/aromatic N) is 2. The Kier molecular flexibility index (Phi) is 4.04. The van der Waals surface area contributed by atoms with Crippen LogP contribution in [-0.2, 0) is 9.59 Å². The molecule has 2 N–H and O–H groups in total. The molecule has 7 nitrogen and oxygen atoms in total. The maximum Gasteiger partial charge on any atom is 0.315 e. The van der Waals surface area contributed by atoms with Crippen LogP contribution in [0.1, 0.15) is 6.42 Å². The molecule has 2 aromatic rings. The van der Waals surface area contributed by atoms with Crippen molar-refractivity contribution >= 4 is 23.3 Å². The van der Waals surface area contributed by atoms with Gasteiger partial charge in [0.1, 0.15) is 6.26 Å². The van der Waals surface area contributed by atoms with E-state index in [1.54, 1.807) is 0 Å². The van der Waals surface area contributed by atoms with Gasteiger partial charge in [-0.25, -0.2) is 0 Å². The van der Waals surface area contributed by atoms with Crippen LogP contribution in [-0.4, -0.2) is 41.0 Å². The van der Waals surface area contributed by atoms with Crippen molar-refractivity contribution < 1.29 is 14.1 Å². The van der Waals surface area contributed by atoms with Crippen molar-refractivity contribution in [2.75, 3.05) is 23.7 Å². The number of aromatic nitrogens is 1. The first-order valence-corrected chi connectivity index (χ1v) is 7.04. The Bertz CT molecular complexity index is 642. The molecule has 22 heavy (non-hydrogen) atoms. The number of benzene rings is 1. The molecular formula is C15H16N4O3. The van der Waals surface area contributed by atoms with E-state index in [4.69, 9.17) is 0 Å². The second-order valence-corrected chi connectivity index (χ2v) is 5.09. The molecule has 1 atom stereocenters. The lowest BCUT2D eigenvalue weighted by Crippen LogP contribution is -2.39. The van der Waals surface area contributed by atoms with Gasteiger partial charge >= 0.3 is 11.8 Å². The van der Waals surface area contributed by atoms with Crippen LogP contribution in [0.2, 0.25) is 0 Å². The van der Waals surface area contributed by atoms with Crippen LogP contribution < -0.4 is 10.6 Å². The molecule has 0 bridgehead atoms. The van der Waals surface area contributed by atoms with Gasteiger partial charge in [-0.2, -0.15) is 0 Å². The Hall–Kier alpha value is -2.83. The van der Waals surface area contributed by atoms with Gasteiger partial charge in [0, 0.05) is 30.9 Å². The normalized spacial score (nSPS) is 17.3. The van der Waals surface area contributed by atoms with Crippen molar-refractivity contribution in [3.8, 4) is 0 Å². The van der Waals surface area contributed by atoms with E-state index in [2.05, 4.69) is 20.3 Å². The topological polar surface area (TPSA) is 87.5 Å².